The Bertz CT molecular complexity index is 905. The van der Waals surface area contributed by atoms with E-state index in [2.05, 4.69) is 21.0 Å². The summed E-state index contributed by atoms with van der Waals surface area (Å²) in [5.74, 6) is 1.16. The maximum absolute atomic E-state index is 9.06. The van der Waals surface area contributed by atoms with Crippen LogP contribution in [0.1, 0.15) is 16.9 Å². The van der Waals surface area contributed by atoms with Crippen molar-refractivity contribution in [2.45, 2.75) is 5.78 Å². The molecular formula is C20H28N3O6P3S. The molecule has 2 rings (SSSR count). The molecule has 0 saturated heterocycles. The number of hydrazone groups is 1. The summed E-state index contributed by atoms with van der Waals surface area (Å²) in [5, 5.41) is 22.1. The van der Waals surface area contributed by atoms with E-state index in [0.717, 1.165) is 16.9 Å². The van der Waals surface area contributed by atoms with Crippen molar-refractivity contribution >= 4 is 42.7 Å². The van der Waals surface area contributed by atoms with Gasteiger partial charge in [-0.2, -0.15) is 5.10 Å². The number of ether oxygens (including phenoxy) is 1. The summed E-state index contributed by atoms with van der Waals surface area (Å²) in [5.41, 5.74) is 1.83. The largest absolute Gasteiger partial charge is 0.497 e. The van der Waals surface area contributed by atoms with E-state index in [-0.39, 0.29) is 23.4 Å². The summed E-state index contributed by atoms with van der Waals surface area (Å²) in [7, 11) is 1.22. The molecule has 0 spiro atoms. The van der Waals surface area contributed by atoms with E-state index in [4.69, 9.17) is 31.6 Å². The SMILES string of the molecule is C=CCN(CPOO)C(POO)c1ccc(O[PH](=S)N(C)/N=C/c2ccc(OC)cc2)cc1. The summed E-state index contributed by atoms with van der Waals surface area (Å²) in [4.78, 5) is 1.98. The van der Waals surface area contributed by atoms with E-state index in [0.29, 0.717) is 18.6 Å². The highest BCUT2D eigenvalue weighted by Gasteiger charge is 2.21. The van der Waals surface area contributed by atoms with E-state index < -0.39 is 7.07 Å². The average molecular weight is 531 g/mol. The molecule has 0 bridgehead atoms. The molecule has 4 unspecified atom stereocenters. The van der Waals surface area contributed by atoms with Crippen LogP contribution in [-0.2, 0) is 21.2 Å². The molecular weight excluding hydrogens is 503 g/mol. The zero-order valence-electron chi connectivity index (χ0n) is 18.2. The quantitative estimate of drug-likeness (QED) is 0.106. The Morgan fingerprint density at radius 3 is 2.36 bits per heavy atom. The number of benzene rings is 2. The van der Waals surface area contributed by atoms with E-state index in [1.165, 1.54) is 0 Å². The summed E-state index contributed by atoms with van der Waals surface area (Å²) >= 11 is 5.51. The van der Waals surface area contributed by atoms with Crippen molar-refractivity contribution in [2.75, 3.05) is 27.0 Å². The van der Waals surface area contributed by atoms with Crippen LogP contribution in [0, 0.1) is 0 Å². The van der Waals surface area contributed by atoms with Gasteiger partial charge in [0.2, 0.25) is 7.07 Å². The number of hydrogen-bond acceptors (Lipinski definition) is 9. The third-order valence-electron chi connectivity index (χ3n) is 4.39. The van der Waals surface area contributed by atoms with Gasteiger partial charge >= 0.3 is 0 Å². The summed E-state index contributed by atoms with van der Waals surface area (Å²) in [6.07, 6.45) is 3.91. The van der Waals surface area contributed by atoms with Crippen LogP contribution >= 0.6 is 24.7 Å². The molecule has 9 nitrogen and oxygen atoms in total. The van der Waals surface area contributed by atoms with Crippen LogP contribution in [-0.4, -0.2) is 53.4 Å². The van der Waals surface area contributed by atoms with E-state index in [1.54, 1.807) is 31.2 Å². The summed E-state index contributed by atoms with van der Waals surface area (Å²) in [6.45, 7) is 4.29. The van der Waals surface area contributed by atoms with Crippen molar-refractivity contribution in [3.8, 4) is 11.5 Å². The van der Waals surface area contributed by atoms with Crippen LogP contribution in [0.2, 0.25) is 0 Å². The van der Waals surface area contributed by atoms with E-state index in [1.807, 2.05) is 53.4 Å². The molecule has 13 heteroatoms. The van der Waals surface area contributed by atoms with Gasteiger partial charge in [-0.15, -0.1) is 6.58 Å². The van der Waals surface area contributed by atoms with Crippen molar-refractivity contribution in [1.29, 1.82) is 0 Å². The zero-order chi connectivity index (χ0) is 24.1. The lowest BCUT2D eigenvalue weighted by Gasteiger charge is -2.29. The summed E-state index contributed by atoms with van der Waals surface area (Å²) < 4.78 is 21.4. The number of rotatable bonds is 15. The van der Waals surface area contributed by atoms with Gasteiger partial charge in [-0.05, 0) is 59.3 Å². The fraction of sp³-hybridized carbons (Fsp3) is 0.250. The highest BCUT2D eigenvalue weighted by molar-refractivity contribution is 8.02. The Labute approximate surface area is 203 Å². The molecule has 2 aromatic rings. The van der Waals surface area contributed by atoms with Gasteiger partial charge in [-0.1, -0.05) is 18.2 Å². The molecule has 0 fully saturated rings. The molecule has 0 amide bonds. The smallest absolute Gasteiger partial charge is 0.207 e. The van der Waals surface area contributed by atoms with Crippen LogP contribution in [0.15, 0.2) is 66.3 Å². The Kier molecular flexibility index (Phi) is 13.0. The molecule has 33 heavy (non-hydrogen) atoms. The monoisotopic (exact) mass is 531 g/mol. The maximum Gasteiger partial charge on any atom is 0.207 e. The molecule has 4 atom stereocenters. The molecule has 0 aliphatic rings. The Morgan fingerprint density at radius 2 is 1.79 bits per heavy atom. The number of methoxy groups -OCH3 is 1. The molecule has 2 N–H and O–H groups in total. The van der Waals surface area contributed by atoms with Crippen molar-refractivity contribution in [1.82, 2.24) is 9.68 Å². The van der Waals surface area contributed by atoms with Gasteiger partial charge in [0.05, 0.1) is 36.7 Å². The zero-order valence-corrected chi connectivity index (χ0v) is 22.1. The lowest BCUT2D eigenvalue weighted by atomic mass is 10.2. The normalized spacial score (nSPS) is 13.8. The first-order chi connectivity index (χ1) is 16.0. The lowest BCUT2D eigenvalue weighted by Crippen LogP contribution is -2.26. The lowest BCUT2D eigenvalue weighted by molar-refractivity contribution is -0.126. The third-order valence-corrected chi connectivity index (χ3v) is 8.17. The molecule has 0 saturated carbocycles. The molecule has 0 aromatic heterocycles. The molecule has 0 radical (unpaired) electrons. The topological polar surface area (TPSA) is 96.2 Å². The molecule has 180 valence electrons. The fourth-order valence-electron chi connectivity index (χ4n) is 2.72. The standard InChI is InChI=1S/C20H28N3O6P3S/c1-4-13-23(15-30-28-24)20(31-29-25)17-7-11-19(12-8-17)27-32(33)22(2)21-14-16-5-9-18(26-3)10-6-16/h4-12,14,20,24-25,30-32H,1,13,15H2,2-3H3/b21-14+. The molecule has 0 aliphatic carbocycles. The predicted octanol–water partition coefficient (Wildman–Crippen LogP) is 5.16. The van der Waals surface area contributed by atoms with Crippen molar-refractivity contribution in [3.05, 3.63) is 72.3 Å². The van der Waals surface area contributed by atoms with Gasteiger partial charge in [-0.3, -0.25) is 4.90 Å². The number of nitrogens with zero attached hydrogens (tertiary/aromatic N) is 3. The molecule has 2 aromatic carbocycles. The Hall–Kier alpha value is -1.44. The second-order valence-corrected chi connectivity index (χ2v) is 10.7. The van der Waals surface area contributed by atoms with Gasteiger partial charge in [-0.25, -0.2) is 24.6 Å². The van der Waals surface area contributed by atoms with Crippen LogP contribution in [0.5, 0.6) is 11.5 Å². The minimum absolute atomic E-state index is 0.132. The van der Waals surface area contributed by atoms with E-state index in [9.17, 15) is 0 Å². The third kappa shape index (κ3) is 9.38. The average Bonchev–Trinajstić information content (AvgIpc) is 2.84. The molecule has 0 aliphatic heterocycles. The van der Waals surface area contributed by atoms with Crippen LogP contribution in [0.3, 0.4) is 0 Å². The van der Waals surface area contributed by atoms with Gasteiger partial charge in [0, 0.05) is 19.9 Å². The summed E-state index contributed by atoms with van der Waals surface area (Å²) in [6, 6.07) is 14.9. The van der Waals surface area contributed by atoms with Gasteiger partial charge < -0.3 is 9.26 Å². The van der Waals surface area contributed by atoms with Gasteiger partial charge in [0.25, 0.3) is 0 Å². The van der Waals surface area contributed by atoms with Gasteiger partial charge in [0.15, 0.2) is 0 Å². The van der Waals surface area contributed by atoms with Crippen LogP contribution < -0.4 is 9.26 Å². The second kappa shape index (κ2) is 15.5. The predicted molar refractivity (Wildman–Crippen MR) is 140 cm³/mol. The maximum atomic E-state index is 9.06. The first-order valence-electron chi connectivity index (χ1n) is 9.70. The Morgan fingerprint density at radius 1 is 1.12 bits per heavy atom. The van der Waals surface area contributed by atoms with Crippen molar-refractivity contribution in [3.63, 3.8) is 0 Å². The van der Waals surface area contributed by atoms with Crippen molar-refractivity contribution < 1.29 is 29.1 Å². The highest BCUT2D eigenvalue weighted by Crippen LogP contribution is 2.40. The molecule has 0 heterocycles. The highest BCUT2D eigenvalue weighted by atomic mass is 32.4. The second-order valence-electron chi connectivity index (χ2n) is 6.54. The van der Waals surface area contributed by atoms with Gasteiger partial charge in [0.1, 0.15) is 11.5 Å². The Balaban J connectivity index is 2.02. The van der Waals surface area contributed by atoms with Crippen molar-refractivity contribution in [2.24, 2.45) is 5.10 Å². The van der Waals surface area contributed by atoms with Crippen LogP contribution in [0.4, 0.5) is 0 Å². The first-order valence-corrected chi connectivity index (χ1v) is 14.3. The number of hydrogen-bond donors (Lipinski definition) is 2. The minimum atomic E-state index is -1.82. The first kappa shape index (κ1) is 27.8. The minimum Gasteiger partial charge on any atom is -0.497 e. The van der Waals surface area contributed by atoms with E-state index >= 15 is 0 Å². The fourth-order valence-corrected chi connectivity index (χ4v) is 5.26. The van der Waals surface area contributed by atoms with Crippen LogP contribution in [0.25, 0.3) is 0 Å².